The lowest BCUT2D eigenvalue weighted by Gasteiger charge is -2.27. The van der Waals surface area contributed by atoms with E-state index in [2.05, 4.69) is 6.07 Å². The maximum absolute atomic E-state index is 12.4. The molecule has 0 fully saturated rings. The molecule has 1 heterocycles. The first-order chi connectivity index (χ1) is 18.5. The van der Waals surface area contributed by atoms with E-state index in [-0.39, 0.29) is 23.8 Å². The van der Waals surface area contributed by atoms with Crippen LogP contribution in [0.1, 0.15) is 22.6 Å². The molecule has 2 N–H and O–H groups in total. The van der Waals surface area contributed by atoms with Crippen molar-refractivity contribution in [2.75, 3.05) is 6.61 Å². The van der Waals surface area contributed by atoms with Crippen LogP contribution in [0.3, 0.4) is 0 Å². The van der Waals surface area contributed by atoms with Gasteiger partial charge < -0.3 is 24.7 Å². The van der Waals surface area contributed by atoms with Crippen LogP contribution in [0.4, 0.5) is 0 Å². The van der Waals surface area contributed by atoms with E-state index in [1.165, 1.54) is 0 Å². The second-order valence-electron chi connectivity index (χ2n) is 8.69. The highest BCUT2D eigenvalue weighted by Crippen LogP contribution is 2.44. The van der Waals surface area contributed by atoms with Gasteiger partial charge in [-0.1, -0.05) is 48.5 Å². The number of esters is 1. The number of nitrogens with zero attached hydrogens (tertiary/aromatic N) is 1. The van der Waals surface area contributed by atoms with Gasteiger partial charge in [-0.05, 0) is 60.5 Å². The topological polar surface area (TPSA) is 104 Å². The Bertz CT molecular complexity index is 1560. The Morgan fingerprint density at radius 3 is 2.45 bits per heavy atom. The molecule has 0 saturated carbocycles. The summed E-state index contributed by atoms with van der Waals surface area (Å²) < 4.78 is 22.7. The van der Waals surface area contributed by atoms with Gasteiger partial charge in [-0.25, -0.2) is 4.79 Å². The van der Waals surface area contributed by atoms with E-state index in [0.29, 0.717) is 28.6 Å². The summed E-state index contributed by atoms with van der Waals surface area (Å²) >= 11 is 0. The highest BCUT2D eigenvalue weighted by molar-refractivity contribution is 5.74. The number of rotatable bonds is 7. The lowest BCUT2D eigenvalue weighted by molar-refractivity contribution is -0.136. The van der Waals surface area contributed by atoms with Crippen molar-refractivity contribution in [3.8, 4) is 34.8 Å². The molecule has 0 spiro atoms. The maximum atomic E-state index is 12.4. The first-order valence-electron chi connectivity index (χ1n) is 11.9. The number of ether oxygens (including phenoxy) is 4. The molecule has 7 heteroatoms. The Morgan fingerprint density at radius 2 is 1.66 bits per heavy atom. The van der Waals surface area contributed by atoms with Crippen LogP contribution in [-0.4, -0.2) is 12.6 Å². The summed E-state index contributed by atoms with van der Waals surface area (Å²) in [6.45, 7) is 1.69. The number of carbonyl (C=O) groups is 1. The van der Waals surface area contributed by atoms with E-state index in [0.717, 1.165) is 11.1 Å². The summed E-state index contributed by atoms with van der Waals surface area (Å²) in [6, 6.07) is 31.5. The molecule has 38 heavy (non-hydrogen) atoms. The zero-order valence-electron chi connectivity index (χ0n) is 20.6. The summed E-state index contributed by atoms with van der Waals surface area (Å²) in [4.78, 5) is 12.4. The van der Waals surface area contributed by atoms with Gasteiger partial charge in [-0.2, -0.15) is 5.26 Å². The molecule has 188 valence electrons. The van der Waals surface area contributed by atoms with Gasteiger partial charge in [-0.3, -0.25) is 0 Å². The summed E-state index contributed by atoms with van der Waals surface area (Å²) in [5, 5.41) is 9.88. The smallest absolute Gasteiger partial charge is 0.349 e. The highest BCUT2D eigenvalue weighted by Gasteiger charge is 2.31. The van der Waals surface area contributed by atoms with E-state index in [9.17, 15) is 10.1 Å². The summed E-state index contributed by atoms with van der Waals surface area (Å²) in [5.74, 6) is 1.51. The van der Waals surface area contributed by atoms with Crippen LogP contribution in [0.15, 0.2) is 109 Å². The standard InChI is InChI=1S/C31H24N2O5/c1-20-7-5-11-23(15-20)35-19-29(34)37-25-13-14-26-28(17-25)38-31(33)27(18-32)30(26)21-8-6-12-24(16-21)36-22-9-3-2-4-10-22/h2-17,30H,19,33H2,1H3. The Labute approximate surface area is 220 Å². The molecule has 1 aliphatic rings. The molecule has 4 aromatic carbocycles. The molecule has 0 aromatic heterocycles. The van der Waals surface area contributed by atoms with Crippen LogP contribution in [0.25, 0.3) is 0 Å². The fraction of sp³-hybridized carbons (Fsp3) is 0.0968. The van der Waals surface area contributed by atoms with E-state index >= 15 is 0 Å². The highest BCUT2D eigenvalue weighted by atomic mass is 16.6. The number of nitrogens with two attached hydrogens (primary N) is 1. The molecule has 7 nitrogen and oxygen atoms in total. The average molecular weight is 505 g/mol. The molecule has 1 aliphatic heterocycles. The minimum atomic E-state index is -0.564. The van der Waals surface area contributed by atoms with E-state index in [1.807, 2.05) is 79.7 Å². The van der Waals surface area contributed by atoms with Gasteiger partial charge >= 0.3 is 5.97 Å². The Kier molecular flexibility index (Phi) is 6.96. The molecule has 0 aliphatic carbocycles. The predicted molar refractivity (Wildman–Crippen MR) is 141 cm³/mol. The summed E-state index contributed by atoms with van der Waals surface area (Å²) in [7, 11) is 0. The zero-order valence-corrected chi connectivity index (χ0v) is 20.6. The molecule has 0 bridgehead atoms. The number of carbonyl (C=O) groups excluding carboxylic acids is 1. The molecule has 1 atom stereocenters. The van der Waals surface area contributed by atoms with Crippen molar-refractivity contribution in [1.29, 1.82) is 5.26 Å². The number of benzene rings is 4. The Morgan fingerprint density at radius 1 is 0.895 bits per heavy atom. The Balaban J connectivity index is 1.37. The summed E-state index contributed by atoms with van der Waals surface area (Å²) in [6.07, 6.45) is 0. The van der Waals surface area contributed by atoms with Crippen LogP contribution >= 0.6 is 0 Å². The van der Waals surface area contributed by atoms with Crippen LogP contribution < -0.4 is 24.7 Å². The molecule has 0 radical (unpaired) electrons. The van der Waals surface area contributed by atoms with Crippen LogP contribution in [0.5, 0.6) is 28.7 Å². The third-order valence-corrected chi connectivity index (χ3v) is 5.94. The summed E-state index contributed by atoms with van der Waals surface area (Å²) in [5.41, 5.74) is 8.97. The fourth-order valence-corrected chi connectivity index (χ4v) is 4.23. The van der Waals surface area contributed by atoms with Crippen molar-refractivity contribution in [3.05, 3.63) is 125 Å². The van der Waals surface area contributed by atoms with Gasteiger partial charge in [0.15, 0.2) is 6.61 Å². The normalized spacial score (nSPS) is 14.1. The minimum Gasteiger partial charge on any atom is -0.482 e. The first kappa shape index (κ1) is 24.5. The number of hydrogen-bond donors (Lipinski definition) is 1. The van der Waals surface area contributed by atoms with Crippen molar-refractivity contribution in [2.24, 2.45) is 5.73 Å². The largest absolute Gasteiger partial charge is 0.482 e. The zero-order chi connectivity index (χ0) is 26.5. The van der Waals surface area contributed by atoms with Crippen molar-refractivity contribution < 1.29 is 23.7 Å². The average Bonchev–Trinajstić information content (AvgIpc) is 2.92. The quantitative estimate of drug-likeness (QED) is 0.243. The van der Waals surface area contributed by atoms with Gasteiger partial charge in [0.1, 0.15) is 40.4 Å². The molecule has 0 amide bonds. The number of para-hydroxylation sites is 1. The first-order valence-corrected chi connectivity index (χ1v) is 11.9. The van der Waals surface area contributed by atoms with Crippen molar-refractivity contribution in [2.45, 2.75) is 12.8 Å². The number of allylic oxidation sites excluding steroid dienone is 1. The SMILES string of the molecule is Cc1cccc(OCC(=O)Oc2ccc3c(c2)OC(N)=C(C#N)C3c2cccc(Oc3ccccc3)c2)c1. The van der Waals surface area contributed by atoms with Gasteiger partial charge in [0, 0.05) is 11.6 Å². The van der Waals surface area contributed by atoms with Gasteiger partial charge in [0.25, 0.3) is 0 Å². The lowest BCUT2D eigenvalue weighted by Crippen LogP contribution is -2.21. The van der Waals surface area contributed by atoms with E-state index in [1.54, 1.807) is 24.3 Å². The minimum absolute atomic E-state index is 0.00867. The second-order valence-corrected chi connectivity index (χ2v) is 8.69. The van der Waals surface area contributed by atoms with Gasteiger partial charge in [0.2, 0.25) is 5.88 Å². The molecule has 4 aromatic rings. The van der Waals surface area contributed by atoms with Gasteiger partial charge in [0.05, 0.1) is 5.92 Å². The van der Waals surface area contributed by atoms with Crippen molar-refractivity contribution in [3.63, 3.8) is 0 Å². The fourth-order valence-electron chi connectivity index (χ4n) is 4.23. The lowest BCUT2D eigenvalue weighted by atomic mass is 9.83. The number of fused-ring (bicyclic) bond motifs is 1. The molecule has 5 rings (SSSR count). The van der Waals surface area contributed by atoms with Crippen LogP contribution in [-0.2, 0) is 4.79 Å². The number of aryl methyl sites for hydroxylation is 1. The monoisotopic (exact) mass is 504 g/mol. The molecule has 1 unspecified atom stereocenters. The maximum Gasteiger partial charge on any atom is 0.349 e. The van der Waals surface area contributed by atoms with Crippen molar-refractivity contribution >= 4 is 5.97 Å². The van der Waals surface area contributed by atoms with Gasteiger partial charge in [-0.15, -0.1) is 0 Å². The molecule has 0 saturated heterocycles. The predicted octanol–water partition coefficient (Wildman–Crippen LogP) is 5.99. The molecular weight excluding hydrogens is 480 g/mol. The number of hydrogen-bond acceptors (Lipinski definition) is 7. The van der Waals surface area contributed by atoms with Crippen molar-refractivity contribution in [1.82, 2.24) is 0 Å². The van der Waals surface area contributed by atoms with Crippen LogP contribution in [0, 0.1) is 18.3 Å². The van der Waals surface area contributed by atoms with Crippen LogP contribution in [0.2, 0.25) is 0 Å². The second kappa shape index (κ2) is 10.8. The third-order valence-electron chi connectivity index (χ3n) is 5.94. The number of nitriles is 1. The van der Waals surface area contributed by atoms with E-state index < -0.39 is 11.9 Å². The Hall–Kier alpha value is -5.22. The third kappa shape index (κ3) is 5.45. The molecular formula is C31H24N2O5. The van der Waals surface area contributed by atoms with E-state index in [4.69, 9.17) is 24.7 Å².